The summed E-state index contributed by atoms with van der Waals surface area (Å²) in [5.74, 6) is 0.393. The maximum atomic E-state index is 5.68. The Bertz CT molecular complexity index is 350. The molecule has 2 N–H and O–H groups in total. The summed E-state index contributed by atoms with van der Waals surface area (Å²) in [5, 5.41) is 3.45. The van der Waals surface area contributed by atoms with E-state index in [2.05, 4.69) is 24.3 Å². The normalized spacial score (nSPS) is 23.8. The van der Waals surface area contributed by atoms with Crippen molar-refractivity contribution in [2.24, 2.45) is 5.73 Å². The van der Waals surface area contributed by atoms with Crippen LogP contribution in [0.2, 0.25) is 0 Å². The molecule has 0 radical (unpaired) electrons. The molecular formula is C13H23N3S. The average molecular weight is 253 g/mol. The van der Waals surface area contributed by atoms with Gasteiger partial charge in [0.15, 0.2) is 0 Å². The van der Waals surface area contributed by atoms with Crippen LogP contribution in [0.3, 0.4) is 0 Å². The largest absolute Gasteiger partial charge is 0.330 e. The van der Waals surface area contributed by atoms with E-state index in [-0.39, 0.29) is 0 Å². The van der Waals surface area contributed by atoms with Crippen LogP contribution in [-0.4, -0.2) is 36.1 Å². The Kier molecular flexibility index (Phi) is 4.54. The molecule has 1 saturated heterocycles. The summed E-state index contributed by atoms with van der Waals surface area (Å²) in [7, 11) is 2.24. The second-order valence-corrected chi connectivity index (χ2v) is 6.08. The predicted molar refractivity (Wildman–Crippen MR) is 73.6 cm³/mol. The van der Waals surface area contributed by atoms with E-state index >= 15 is 0 Å². The second-order valence-electron chi connectivity index (χ2n) is 5.14. The van der Waals surface area contributed by atoms with Crippen LogP contribution in [0.1, 0.15) is 42.8 Å². The molecule has 1 fully saturated rings. The summed E-state index contributed by atoms with van der Waals surface area (Å²) in [6.07, 6.45) is 5.14. The van der Waals surface area contributed by atoms with Crippen molar-refractivity contribution in [1.29, 1.82) is 0 Å². The summed E-state index contributed by atoms with van der Waals surface area (Å²) in [5.41, 5.74) is 6.85. The minimum atomic E-state index is 0.393. The number of hydrogen-bond donors (Lipinski definition) is 1. The highest BCUT2D eigenvalue weighted by molar-refractivity contribution is 7.09. The van der Waals surface area contributed by atoms with Crippen LogP contribution < -0.4 is 5.73 Å². The number of hydrogen-bond acceptors (Lipinski definition) is 4. The highest BCUT2D eigenvalue weighted by atomic mass is 32.1. The highest BCUT2D eigenvalue weighted by Crippen LogP contribution is 2.23. The maximum absolute atomic E-state index is 5.68. The zero-order valence-corrected chi connectivity index (χ0v) is 11.7. The average Bonchev–Trinajstić information content (AvgIpc) is 2.80. The van der Waals surface area contributed by atoms with Gasteiger partial charge in [0, 0.05) is 30.3 Å². The van der Waals surface area contributed by atoms with Gasteiger partial charge in [-0.2, -0.15) is 0 Å². The molecule has 3 nitrogen and oxygen atoms in total. The summed E-state index contributed by atoms with van der Waals surface area (Å²) in [6.45, 7) is 4.07. The van der Waals surface area contributed by atoms with Crippen LogP contribution in [-0.2, 0) is 6.42 Å². The lowest BCUT2D eigenvalue weighted by atomic mass is 10.0. The van der Waals surface area contributed by atoms with Crippen molar-refractivity contribution in [3.8, 4) is 0 Å². The molecule has 1 aromatic rings. The van der Waals surface area contributed by atoms with Gasteiger partial charge < -0.3 is 10.6 Å². The van der Waals surface area contributed by atoms with Crippen molar-refractivity contribution in [3.05, 3.63) is 16.1 Å². The molecule has 0 amide bonds. The van der Waals surface area contributed by atoms with Gasteiger partial charge in [0.1, 0.15) is 0 Å². The van der Waals surface area contributed by atoms with Gasteiger partial charge in [-0.15, -0.1) is 11.3 Å². The number of aromatic nitrogens is 1. The fourth-order valence-electron chi connectivity index (χ4n) is 2.37. The minimum Gasteiger partial charge on any atom is -0.330 e. The zero-order valence-electron chi connectivity index (χ0n) is 10.9. The molecule has 96 valence electrons. The van der Waals surface area contributed by atoms with Crippen molar-refractivity contribution < 1.29 is 0 Å². The van der Waals surface area contributed by atoms with Gasteiger partial charge in [0.2, 0.25) is 0 Å². The van der Waals surface area contributed by atoms with E-state index in [1.165, 1.54) is 36.5 Å². The molecule has 0 aliphatic carbocycles. The van der Waals surface area contributed by atoms with Crippen molar-refractivity contribution in [1.82, 2.24) is 9.88 Å². The van der Waals surface area contributed by atoms with Crippen molar-refractivity contribution >= 4 is 11.3 Å². The number of nitrogens with zero attached hydrogens (tertiary/aromatic N) is 2. The first-order chi connectivity index (χ1) is 8.20. The molecule has 0 saturated carbocycles. The molecule has 4 heteroatoms. The Morgan fingerprint density at radius 3 is 3.12 bits per heavy atom. The van der Waals surface area contributed by atoms with Gasteiger partial charge in [-0.05, 0) is 26.4 Å². The highest BCUT2D eigenvalue weighted by Gasteiger charge is 2.20. The number of nitrogens with two attached hydrogens (primary N) is 1. The molecule has 1 aliphatic rings. The van der Waals surface area contributed by atoms with Crippen LogP contribution in [0.15, 0.2) is 5.38 Å². The monoisotopic (exact) mass is 253 g/mol. The van der Waals surface area contributed by atoms with Gasteiger partial charge >= 0.3 is 0 Å². The molecular weight excluding hydrogens is 230 g/mol. The Labute approximate surface area is 108 Å². The van der Waals surface area contributed by atoms with E-state index in [0.717, 1.165) is 6.42 Å². The van der Waals surface area contributed by atoms with E-state index in [9.17, 15) is 0 Å². The van der Waals surface area contributed by atoms with Gasteiger partial charge in [0.05, 0.1) is 10.7 Å². The van der Waals surface area contributed by atoms with E-state index in [4.69, 9.17) is 10.7 Å². The smallest absolute Gasteiger partial charge is 0.0943 e. The molecule has 2 heterocycles. The minimum absolute atomic E-state index is 0.393. The summed E-state index contributed by atoms with van der Waals surface area (Å²) < 4.78 is 0. The van der Waals surface area contributed by atoms with Crippen molar-refractivity contribution in [2.45, 2.75) is 44.6 Å². The number of rotatable bonds is 4. The number of thiazole rings is 1. The predicted octanol–water partition coefficient (Wildman–Crippen LogP) is 2.23. The first-order valence-electron chi connectivity index (χ1n) is 6.55. The van der Waals surface area contributed by atoms with E-state index in [1.807, 2.05) is 0 Å². The first kappa shape index (κ1) is 13.0. The van der Waals surface area contributed by atoms with Crippen LogP contribution >= 0.6 is 11.3 Å². The summed E-state index contributed by atoms with van der Waals surface area (Å²) in [6, 6.07) is 0.691. The lowest BCUT2D eigenvalue weighted by molar-refractivity contribution is 0.184. The molecule has 1 aromatic heterocycles. The van der Waals surface area contributed by atoms with Gasteiger partial charge in [0.25, 0.3) is 0 Å². The van der Waals surface area contributed by atoms with E-state index < -0.39 is 0 Å². The van der Waals surface area contributed by atoms with E-state index in [0.29, 0.717) is 18.5 Å². The fraction of sp³-hybridized carbons (Fsp3) is 0.769. The van der Waals surface area contributed by atoms with Gasteiger partial charge in [-0.3, -0.25) is 0 Å². The lowest BCUT2D eigenvalue weighted by Gasteiger charge is -2.31. The van der Waals surface area contributed by atoms with E-state index in [1.54, 1.807) is 11.3 Å². The SMILES string of the molecule is CC(CN)c1csc(CC2CCCCN2C)n1. The Balaban J connectivity index is 1.96. The molecule has 2 rings (SSSR count). The van der Waals surface area contributed by atoms with Crippen LogP contribution in [0.5, 0.6) is 0 Å². The number of piperidine rings is 1. The maximum Gasteiger partial charge on any atom is 0.0943 e. The first-order valence-corrected chi connectivity index (χ1v) is 7.43. The standard InChI is InChI=1S/C13H23N3S/c1-10(8-14)12-9-17-13(15-12)7-11-5-3-4-6-16(11)2/h9-11H,3-8,14H2,1-2H3. The summed E-state index contributed by atoms with van der Waals surface area (Å²) >= 11 is 1.80. The molecule has 0 spiro atoms. The third-order valence-electron chi connectivity index (χ3n) is 3.76. The van der Waals surface area contributed by atoms with Crippen LogP contribution in [0.4, 0.5) is 0 Å². The van der Waals surface area contributed by atoms with Crippen LogP contribution in [0.25, 0.3) is 0 Å². The quantitative estimate of drug-likeness (QED) is 0.895. The second kappa shape index (κ2) is 5.94. The Morgan fingerprint density at radius 2 is 2.41 bits per heavy atom. The number of likely N-dealkylation sites (tertiary alicyclic amines) is 1. The molecule has 2 unspecified atom stereocenters. The fourth-order valence-corrected chi connectivity index (χ4v) is 3.36. The number of likely N-dealkylation sites (N-methyl/N-ethyl adjacent to an activating group) is 1. The zero-order chi connectivity index (χ0) is 12.3. The van der Waals surface area contributed by atoms with Crippen LogP contribution in [0, 0.1) is 0 Å². The lowest BCUT2D eigenvalue weighted by Crippen LogP contribution is -2.37. The van der Waals surface area contributed by atoms with Crippen molar-refractivity contribution in [2.75, 3.05) is 20.1 Å². The summed E-state index contributed by atoms with van der Waals surface area (Å²) in [4.78, 5) is 7.20. The molecule has 0 aromatic carbocycles. The van der Waals surface area contributed by atoms with Crippen molar-refractivity contribution in [3.63, 3.8) is 0 Å². The van der Waals surface area contributed by atoms with Gasteiger partial charge in [-0.25, -0.2) is 4.98 Å². The third-order valence-corrected chi connectivity index (χ3v) is 4.65. The Morgan fingerprint density at radius 1 is 1.59 bits per heavy atom. The van der Waals surface area contributed by atoms with Gasteiger partial charge in [-0.1, -0.05) is 13.3 Å². The molecule has 17 heavy (non-hydrogen) atoms. The topological polar surface area (TPSA) is 42.1 Å². The molecule has 2 atom stereocenters. The molecule has 1 aliphatic heterocycles. The third kappa shape index (κ3) is 3.27. The molecule has 0 bridgehead atoms. The Hall–Kier alpha value is -0.450.